The van der Waals surface area contributed by atoms with Crippen molar-refractivity contribution >= 4 is 11.9 Å². The lowest BCUT2D eigenvalue weighted by molar-refractivity contribution is -0.143. The number of nitrogens with one attached hydrogen (secondary N) is 1. The number of hydrogen-bond donors (Lipinski definition) is 3. The minimum Gasteiger partial charge on any atom is -0.466 e. The van der Waals surface area contributed by atoms with Gasteiger partial charge >= 0.3 is 5.97 Å². The van der Waals surface area contributed by atoms with Crippen LogP contribution in [0.1, 0.15) is 386 Å². The van der Waals surface area contributed by atoms with Gasteiger partial charge in [-0.15, -0.1) is 0 Å². The molecule has 0 aliphatic rings. The highest BCUT2D eigenvalue weighted by atomic mass is 16.5. The largest absolute Gasteiger partial charge is 0.466 e. The molecule has 6 nitrogen and oxygen atoms in total. The van der Waals surface area contributed by atoms with Crippen LogP contribution in [0.15, 0.2) is 36.5 Å². The fraction of sp³-hybridized carbons (Fsp3) is 0.889. The first kappa shape index (κ1) is 76.1. The maximum Gasteiger partial charge on any atom is 0.305 e. The molecule has 6 heteroatoms. The highest BCUT2D eigenvalue weighted by Crippen LogP contribution is 2.19. The Kier molecular flexibility index (Phi) is 65.9. The quantitative estimate of drug-likeness (QED) is 0.0320. The van der Waals surface area contributed by atoms with Crippen molar-refractivity contribution in [2.45, 2.75) is 398 Å². The molecule has 0 spiro atoms. The second-order valence-corrected chi connectivity index (χ2v) is 24.2. The average Bonchev–Trinajstić information content (AvgIpc) is 3.44. The third kappa shape index (κ3) is 63.3. The van der Waals surface area contributed by atoms with Crippen LogP contribution in [0.25, 0.3) is 0 Å². The molecule has 0 aliphatic heterocycles. The van der Waals surface area contributed by atoms with Crippen molar-refractivity contribution in [3.63, 3.8) is 0 Å². The van der Waals surface area contributed by atoms with Gasteiger partial charge in [0.15, 0.2) is 0 Å². The van der Waals surface area contributed by atoms with Gasteiger partial charge in [-0.1, -0.05) is 346 Å². The van der Waals surface area contributed by atoms with E-state index in [4.69, 9.17) is 4.74 Å². The van der Waals surface area contributed by atoms with Gasteiger partial charge in [0.2, 0.25) is 5.91 Å². The first-order valence-corrected chi connectivity index (χ1v) is 35.3. The van der Waals surface area contributed by atoms with Crippen LogP contribution in [-0.2, 0) is 14.3 Å². The first-order valence-electron chi connectivity index (χ1n) is 35.3. The number of carbonyl (C=O) groups is 2. The molecule has 0 saturated heterocycles. The number of amides is 1. The topological polar surface area (TPSA) is 95.9 Å². The van der Waals surface area contributed by atoms with Gasteiger partial charge in [0.1, 0.15) is 0 Å². The molecule has 0 radical (unpaired) electrons. The Balaban J connectivity index is 3.34. The number of ether oxygens (including phenoxy) is 1. The van der Waals surface area contributed by atoms with Crippen LogP contribution in [-0.4, -0.2) is 47.4 Å². The zero-order valence-corrected chi connectivity index (χ0v) is 52.7. The summed E-state index contributed by atoms with van der Waals surface area (Å²) < 4.78 is 5.50. The molecule has 0 heterocycles. The van der Waals surface area contributed by atoms with Crippen molar-refractivity contribution in [1.82, 2.24) is 5.32 Å². The van der Waals surface area contributed by atoms with Crippen molar-refractivity contribution in [2.75, 3.05) is 13.2 Å². The van der Waals surface area contributed by atoms with E-state index in [1.54, 1.807) is 6.08 Å². The Labute approximate surface area is 487 Å². The summed E-state index contributed by atoms with van der Waals surface area (Å²) in [7, 11) is 0. The lowest BCUT2D eigenvalue weighted by Crippen LogP contribution is -2.45. The SMILES string of the molecule is CCCCCC/C=C\C/C=C\CCCCCCCCCC(=O)OCCCCCCCCCCCCCCCCCCCCCCCCCCCCCCCC(=O)NC(CO)C(O)/C=C/CCCCCCCCCCCCCC. The lowest BCUT2D eigenvalue weighted by Gasteiger charge is -2.20. The number of unbranched alkanes of at least 4 members (excludes halogenated alkanes) is 51. The molecule has 3 N–H and O–H groups in total. The van der Waals surface area contributed by atoms with Gasteiger partial charge in [0.25, 0.3) is 0 Å². The Morgan fingerprint density at radius 2 is 0.641 bits per heavy atom. The van der Waals surface area contributed by atoms with Crippen LogP contribution >= 0.6 is 0 Å². The summed E-state index contributed by atoms with van der Waals surface area (Å²) in [5.74, 6) is -0.0506. The summed E-state index contributed by atoms with van der Waals surface area (Å²) in [6.07, 6.45) is 86.5. The van der Waals surface area contributed by atoms with Crippen molar-refractivity contribution in [3.05, 3.63) is 36.5 Å². The van der Waals surface area contributed by atoms with Crippen LogP contribution < -0.4 is 5.32 Å². The standard InChI is InChI=1S/C72H137NO5/c1-3-5-7-9-11-13-15-17-19-20-35-38-42-46-50-54-58-62-66-72(77)78-67-63-59-55-51-47-43-39-36-33-31-29-27-25-23-21-22-24-26-28-30-32-34-37-41-45-49-53-57-61-65-71(76)73-69(68-74)70(75)64-60-56-52-48-44-40-18-16-14-12-10-8-6-4-2/h13,15,19-20,60,64,69-70,74-75H,3-12,14,16-18,21-59,61-63,65-68H2,1-2H3,(H,73,76)/b15-13-,20-19-,64-60+. The number of hydrogen-bond acceptors (Lipinski definition) is 5. The molecule has 0 rings (SSSR count). The molecule has 0 fully saturated rings. The number of aliphatic hydroxyl groups is 2. The molecule has 0 saturated carbocycles. The molecule has 0 aliphatic carbocycles. The Morgan fingerprint density at radius 3 is 0.987 bits per heavy atom. The summed E-state index contributed by atoms with van der Waals surface area (Å²) in [4.78, 5) is 24.6. The number of allylic oxidation sites excluding steroid dienone is 5. The predicted octanol–water partition coefficient (Wildman–Crippen LogP) is 22.7. The minimum atomic E-state index is -0.841. The van der Waals surface area contributed by atoms with Gasteiger partial charge in [0, 0.05) is 12.8 Å². The molecule has 0 aromatic carbocycles. The van der Waals surface area contributed by atoms with Gasteiger partial charge in [-0.05, 0) is 64.2 Å². The molecular weight excluding hydrogens is 959 g/mol. The highest BCUT2D eigenvalue weighted by Gasteiger charge is 2.18. The number of rotatable bonds is 66. The Hall–Kier alpha value is -1.92. The van der Waals surface area contributed by atoms with Crippen molar-refractivity contribution in [2.24, 2.45) is 0 Å². The molecule has 460 valence electrons. The summed E-state index contributed by atoms with van der Waals surface area (Å²) in [6, 6.07) is -0.625. The van der Waals surface area contributed by atoms with E-state index in [0.717, 1.165) is 51.4 Å². The molecule has 1 amide bonds. The molecule has 2 unspecified atom stereocenters. The molecular formula is C72H137NO5. The predicted molar refractivity (Wildman–Crippen MR) is 343 cm³/mol. The molecule has 0 bridgehead atoms. The summed E-state index contributed by atoms with van der Waals surface area (Å²) in [6.45, 7) is 4.91. The average molecular weight is 1100 g/mol. The molecule has 2 atom stereocenters. The first-order chi connectivity index (χ1) is 38.5. The molecule has 0 aromatic rings. The highest BCUT2D eigenvalue weighted by molar-refractivity contribution is 5.76. The van der Waals surface area contributed by atoms with Crippen LogP contribution in [0.5, 0.6) is 0 Å². The number of carbonyl (C=O) groups excluding carboxylic acids is 2. The third-order valence-corrected chi connectivity index (χ3v) is 16.4. The van der Waals surface area contributed by atoms with E-state index in [9.17, 15) is 19.8 Å². The number of esters is 1. The smallest absolute Gasteiger partial charge is 0.305 e. The summed E-state index contributed by atoms with van der Waals surface area (Å²) in [5.41, 5.74) is 0. The summed E-state index contributed by atoms with van der Waals surface area (Å²) >= 11 is 0. The van der Waals surface area contributed by atoms with E-state index in [2.05, 4.69) is 43.5 Å². The van der Waals surface area contributed by atoms with E-state index in [1.807, 2.05) is 6.08 Å². The molecule has 78 heavy (non-hydrogen) atoms. The van der Waals surface area contributed by atoms with E-state index < -0.39 is 12.1 Å². The van der Waals surface area contributed by atoms with Gasteiger partial charge in [-0.3, -0.25) is 9.59 Å². The van der Waals surface area contributed by atoms with Crippen LogP contribution in [0.4, 0.5) is 0 Å². The fourth-order valence-corrected chi connectivity index (χ4v) is 11.0. The van der Waals surface area contributed by atoms with Crippen molar-refractivity contribution in [3.8, 4) is 0 Å². The van der Waals surface area contributed by atoms with Gasteiger partial charge < -0.3 is 20.3 Å². The zero-order valence-electron chi connectivity index (χ0n) is 52.7. The van der Waals surface area contributed by atoms with Gasteiger partial charge in [0.05, 0.1) is 25.4 Å². The van der Waals surface area contributed by atoms with E-state index in [0.29, 0.717) is 19.4 Å². The lowest BCUT2D eigenvalue weighted by atomic mass is 10.0. The maximum absolute atomic E-state index is 12.5. The van der Waals surface area contributed by atoms with E-state index in [-0.39, 0.29) is 18.5 Å². The molecule has 0 aromatic heterocycles. The fourth-order valence-electron chi connectivity index (χ4n) is 11.0. The summed E-state index contributed by atoms with van der Waals surface area (Å²) in [5, 5.41) is 23.1. The zero-order chi connectivity index (χ0) is 56.4. The van der Waals surface area contributed by atoms with Crippen LogP contribution in [0, 0.1) is 0 Å². The van der Waals surface area contributed by atoms with Gasteiger partial charge in [-0.2, -0.15) is 0 Å². The number of aliphatic hydroxyl groups excluding tert-OH is 2. The van der Waals surface area contributed by atoms with E-state index in [1.165, 1.54) is 308 Å². The Bertz CT molecular complexity index is 1260. The minimum absolute atomic E-state index is 0.0121. The maximum atomic E-state index is 12.5. The van der Waals surface area contributed by atoms with E-state index >= 15 is 0 Å². The van der Waals surface area contributed by atoms with Crippen LogP contribution in [0.2, 0.25) is 0 Å². The third-order valence-electron chi connectivity index (χ3n) is 16.4. The van der Waals surface area contributed by atoms with Crippen molar-refractivity contribution in [1.29, 1.82) is 0 Å². The second kappa shape index (κ2) is 67.6. The second-order valence-electron chi connectivity index (χ2n) is 24.2. The van der Waals surface area contributed by atoms with Gasteiger partial charge in [-0.25, -0.2) is 0 Å². The Morgan fingerprint density at radius 1 is 0.359 bits per heavy atom. The van der Waals surface area contributed by atoms with Crippen LogP contribution in [0.3, 0.4) is 0 Å². The normalized spacial score (nSPS) is 12.7. The monoisotopic (exact) mass is 1100 g/mol. The van der Waals surface area contributed by atoms with Crippen molar-refractivity contribution < 1.29 is 24.5 Å².